The minimum absolute atomic E-state index is 0.0529. The molecule has 0 unspecified atom stereocenters. The third-order valence-electron chi connectivity index (χ3n) is 4.12. The van der Waals surface area contributed by atoms with Crippen LogP contribution in [0.3, 0.4) is 0 Å². The molecule has 1 aromatic carbocycles. The van der Waals surface area contributed by atoms with Crippen LogP contribution in [0.15, 0.2) is 47.2 Å². The zero-order valence-electron chi connectivity index (χ0n) is 13.3. The van der Waals surface area contributed by atoms with Gasteiger partial charge in [0.1, 0.15) is 6.54 Å². The average Bonchev–Trinajstić information content (AvgIpc) is 3.16. The normalized spacial score (nSPS) is 14.6. The van der Waals surface area contributed by atoms with E-state index in [9.17, 15) is 4.79 Å². The molecule has 0 saturated carbocycles. The Morgan fingerprint density at radius 1 is 1.29 bits per heavy atom. The van der Waals surface area contributed by atoms with Gasteiger partial charge in [-0.25, -0.2) is 0 Å². The fourth-order valence-corrected chi connectivity index (χ4v) is 2.74. The molecule has 1 aliphatic rings. The lowest BCUT2D eigenvalue weighted by Crippen LogP contribution is -2.49. The van der Waals surface area contributed by atoms with Gasteiger partial charge in [0.05, 0.1) is 12.1 Å². The summed E-state index contributed by atoms with van der Waals surface area (Å²) in [5.41, 5.74) is 1.97. The molecule has 0 N–H and O–H groups in total. The molecule has 122 valence electrons. The van der Waals surface area contributed by atoms with Gasteiger partial charge < -0.3 is 9.42 Å². The molecule has 1 aliphatic heterocycles. The molecule has 0 atom stereocenters. The fraction of sp³-hybridized carbons (Fsp3) is 0.294. The van der Waals surface area contributed by atoms with Gasteiger partial charge in [0.2, 0.25) is 17.6 Å². The lowest BCUT2D eigenvalue weighted by molar-refractivity contribution is -0.136. The van der Waals surface area contributed by atoms with Crippen LogP contribution >= 0.6 is 0 Å². The second kappa shape index (κ2) is 5.92. The minimum atomic E-state index is 0.0529. The maximum Gasteiger partial charge on any atom is 0.244 e. The molecule has 1 saturated heterocycles. The van der Waals surface area contributed by atoms with Crippen LogP contribution in [0.1, 0.15) is 17.4 Å². The standard InChI is InChI=1S/C17H17N5O2/c1-12-7-18-22(8-12)11-15(23)21-9-14(10-21)17-19-16(20-24-17)13-5-3-2-4-6-13/h2-8,14H,9-11H2,1H3. The Morgan fingerprint density at radius 3 is 2.79 bits per heavy atom. The highest BCUT2D eigenvalue weighted by molar-refractivity contribution is 5.77. The van der Waals surface area contributed by atoms with Crippen molar-refractivity contribution in [2.24, 2.45) is 0 Å². The first kappa shape index (κ1) is 14.6. The molecule has 1 fully saturated rings. The van der Waals surface area contributed by atoms with Crippen LogP contribution in [-0.4, -0.2) is 43.8 Å². The van der Waals surface area contributed by atoms with Gasteiger partial charge >= 0.3 is 0 Å². The van der Waals surface area contributed by atoms with Crippen LogP contribution in [-0.2, 0) is 11.3 Å². The van der Waals surface area contributed by atoms with Gasteiger partial charge in [0.25, 0.3) is 0 Å². The predicted molar refractivity (Wildman–Crippen MR) is 86.0 cm³/mol. The molecular weight excluding hydrogens is 306 g/mol. The lowest BCUT2D eigenvalue weighted by atomic mass is 10.00. The highest BCUT2D eigenvalue weighted by Crippen LogP contribution is 2.27. The maximum atomic E-state index is 12.2. The number of aryl methyl sites for hydroxylation is 1. The van der Waals surface area contributed by atoms with Crippen molar-refractivity contribution in [3.8, 4) is 11.4 Å². The number of aromatic nitrogens is 4. The molecule has 1 amide bonds. The summed E-state index contributed by atoms with van der Waals surface area (Å²) >= 11 is 0. The number of hydrogen-bond donors (Lipinski definition) is 0. The summed E-state index contributed by atoms with van der Waals surface area (Å²) in [6, 6.07) is 9.70. The third-order valence-corrected chi connectivity index (χ3v) is 4.12. The van der Waals surface area contributed by atoms with E-state index in [1.54, 1.807) is 15.8 Å². The average molecular weight is 323 g/mol. The van der Waals surface area contributed by atoms with Gasteiger partial charge in [-0.2, -0.15) is 10.1 Å². The summed E-state index contributed by atoms with van der Waals surface area (Å²) in [5, 5.41) is 8.17. The van der Waals surface area contributed by atoms with E-state index in [-0.39, 0.29) is 18.4 Å². The van der Waals surface area contributed by atoms with Crippen molar-refractivity contribution in [3.63, 3.8) is 0 Å². The first-order chi connectivity index (χ1) is 11.7. The van der Waals surface area contributed by atoms with Gasteiger partial charge in [-0.15, -0.1) is 0 Å². The van der Waals surface area contributed by atoms with Crippen molar-refractivity contribution in [2.45, 2.75) is 19.4 Å². The first-order valence-electron chi connectivity index (χ1n) is 7.85. The Bertz CT molecular complexity index is 849. The van der Waals surface area contributed by atoms with Crippen LogP contribution in [0.4, 0.5) is 0 Å². The second-order valence-corrected chi connectivity index (χ2v) is 6.03. The number of hydrogen-bond acceptors (Lipinski definition) is 5. The summed E-state index contributed by atoms with van der Waals surface area (Å²) < 4.78 is 7.01. The van der Waals surface area contributed by atoms with Crippen molar-refractivity contribution in [3.05, 3.63) is 54.2 Å². The Morgan fingerprint density at radius 2 is 2.08 bits per heavy atom. The number of benzene rings is 1. The van der Waals surface area contributed by atoms with Gasteiger partial charge in [0, 0.05) is 24.8 Å². The van der Waals surface area contributed by atoms with Gasteiger partial charge in [0.15, 0.2) is 0 Å². The van der Waals surface area contributed by atoms with Crippen LogP contribution in [0.2, 0.25) is 0 Å². The molecule has 0 radical (unpaired) electrons. The van der Waals surface area contributed by atoms with Gasteiger partial charge in [-0.1, -0.05) is 35.5 Å². The van der Waals surface area contributed by atoms with Crippen LogP contribution < -0.4 is 0 Å². The van der Waals surface area contributed by atoms with Crippen molar-refractivity contribution in [1.29, 1.82) is 0 Å². The second-order valence-electron chi connectivity index (χ2n) is 6.03. The molecule has 7 nitrogen and oxygen atoms in total. The van der Waals surface area contributed by atoms with E-state index in [2.05, 4.69) is 15.2 Å². The largest absolute Gasteiger partial charge is 0.339 e. The molecule has 2 aromatic heterocycles. The monoisotopic (exact) mass is 323 g/mol. The summed E-state index contributed by atoms with van der Waals surface area (Å²) in [4.78, 5) is 18.4. The van der Waals surface area contributed by atoms with Crippen molar-refractivity contribution in [2.75, 3.05) is 13.1 Å². The van der Waals surface area contributed by atoms with E-state index in [0.29, 0.717) is 24.8 Å². The van der Waals surface area contributed by atoms with Crippen LogP contribution in [0, 0.1) is 6.92 Å². The maximum absolute atomic E-state index is 12.2. The quantitative estimate of drug-likeness (QED) is 0.732. The minimum Gasteiger partial charge on any atom is -0.339 e. The van der Waals surface area contributed by atoms with E-state index in [4.69, 9.17) is 4.52 Å². The number of carbonyl (C=O) groups excluding carboxylic acids is 1. The Labute approximate surface area is 138 Å². The zero-order valence-corrected chi connectivity index (χ0v) is 13.3. The number of amides is 1. The zero-order chi connectivity index (χ0) is 16.5. The molecule has 7 heteroatoms. The van der Waals surface area contributed by atoms with Crippen LogP contribution in [0.5, 0.6) is 0 Å². The number of carbonyl (C=O) groups is 1. The highest BCUT2D eigenvalue weighted by atomic mass is 16.5. The highest BCUT2D eigenvalue weighted by Gasteiger charge is 2.35. The topological polar surface area (TPSA) is 77.1 Å². The fourth-order valence-electron chi connectivity index (χ4n) is 2.74. The van der Waals surface area contributed by atoms with E-state index in [1.165, 1.54) is 0 Å². The summed E-state index contributed by atoms with van der Waals surface area (Å²) in [6.07, 6.45) is 3.61. The van der Waals surface area contributed by atoms with E-state index >= 15 is 0 Å². The molecule has 0 spiro atoms. The molecule has 3 heterocycles. The summed E-state index contributed by atoms with van der Waals surface area (Å²) in [5.74, 6) is 1.34. The molecule has 24 heavy (non-hydrogen) atoms. The number of rotatable bonds is 4. The van der Waals surface area contributed by atoms with Crippen molar-refractivity contribution >= 4 is 5.91 Å². The SMILES string of the molecule is Cc1cnn(CC(=O)N2CC(c3nc(-c4ccccc4)no3)C2)c1. The molecule has 0 aliphatic carbocycles. The lowest BCUT2D eigenvalue weighted by Gasteiger charge is -2.37. The summed E-state index contributed by atoms with van der Waals surface area (Å²) in [7, 11) is 0. The van der Waals surface area contributed by atoms with Gasteiger partial charge in [-0.3, -0.25) is 9.48 Å². The molecule has 0 bridgehead atoms. The number of nitrogens with zero attached hydrogens (tertiary/aromatic N) is 5. The first-order valence-corrected chi connectivity index (χ1v) is 7.85. The predicted octanol–water partition coefficient (Wildman–Crippen LogP) is 1.87. The molecule has 4 rings (SSSR count). The third kappa shape index (κ3) is 2.80. The molecular formula is C17H17N5O2. The van der Waals surface area contributed by atoms with E-state index < -0.39 is 0 Å². The molecule has 3 aromatic rings. The van der Waals surface area contributed by atoms with Gasteiger partial charge in [-0.05, 0) is 12.5 Å². The Balaban J connectivity index is 1.36. The Kier molecular flexibility index (Phi) is 3.60. The smallest absolute Gasteiger partial charge is 0.244 e. The van der Waals surface area contributed by atoms with Crippen molar-refractivity contribution < 1.29 is 9.32 Å². The van der Waals surface area contributed by atoms with Crippen LogP contribution in [0.25, 0.3) is 11.4 Å². The summed E-state index contributed by atoms with van der Waals surface area (Å²) in [6.45, 7) is 3.43. The van der Waals surface area contributed by atoms with E-state index in [1.807, 2.05) is 43.5 Å². The van der Waals surface area contributed by atoms with Crippen molar-refractivity contribution in [1.82, 2.24) is 24.8 Å². The van der Waals surface area contributed by atoms with E-state index in [0.717, 1.165) is 11.1 Å². The number of likely N-dealkylation sites (tertiary alicyclic amines) is 1. The Hall–Kier alpha value is -2.96.